The zero-order valence-corrected chi connectivity index (χ0v) is 12.2. The molecule has 2 rings (SSSR count). The second-order valence-corrected chi connectivity index (χ2v) is 5.84. The van der Waals surface area contributed by atoms with E-state index in [2.05, 4.69) is 9.97 Å². The fraction of sp³-hybridized carbons (Fsp3) is 0.308. The summed E-state index contributed by atoms with van der Waals surface area (Å²) in [5.41, 5.74) is 1.70. The second kappa shape index (κ2) is 6.49. The average Bonchev–Trinajstić information content (AvgIpc) is 2.43. The van der Waals surface area contributed by atoms with Gasteiger partial charge < -0.3 is 10.2 Å². The molecule has 5 nitrogen and oxygen atoms in total. The van der Waals surface area contributed by atoms with Crippen molar-refractivity contribution in [3.63, 3.8) is 0 Å². The van der Waals surface area contributed by atoms with Crippen LogP contribution in [0.4, 0.5) is 0 Å². The molecule has 0 amide bonds. The Morgan fingerprint density at radius 1 is 1.40 bits per heavy atom. The number of aliphatic hydroxyl groups excluding tert-OH is 2. The Bertz CT molecular complexity index is 638. The zero-order valence-electron chi connectivity index (χ0n) is 10.7. The molecule has 20 heavy (non-hydrogen) atoms. The first-order chi connectivity index (χ1) is 9.47. The van der Waals surface area contributed by atoms with Crippen LogP contribution in [0.25, 0.3) is 11.0 Å². The van der Waals surface area contributed by atoms with E-state index in [0.29, 0.717) is 16.6 Å². The third-order valence-electron chi connectivity index (χ3n) is 2.70. The maximum Gasteiger partial charge on any atom is 0.185 e. The summed E-state index contributed by atoms with van der Waals surface area (Å²) in [4.78, 5) is 19.1. The summed E-state index contributed by atoms with van der Waals surface area (Å²) in [5, 5.41) is 20.1. The normalized spacial score (nSPS) is 14.2. The number of aromatic nitrogens is 2. The SMILES string of the molecule is CC(=O)SCC(O)C(O)c1ccc2ncc(Cl)nc2c1. The molecular weight excluding hydrogens is 300 g/mol. The van der Waals surface area contributed by atoms with E-state index < -0.39 is 12.2 Å². The van der Waals surface area contributed by atoms with E-state index in [0.717, 1.165) is 11.8 Å². The fourth-order valence-electron chi connectivity index (χ4n) is 1.71. The highest BCUT2D eigenvalue weighted by atomic mass is 35.5. The van der Waals surface area contributed by atoms with Gasteiger partial charge in [0.2, 0.25) is 0 Å². The van der Waals surface area contributed by atoms with Gasteiger partial charge in [0.05, 0.1) is 23.3 Å². The molecule has 0 aliphatic carbocycles. The molecule has 2 N–H and O–H groups in total. The summed E-state index contributed by atoms with van der Waals surface area (Å²) in [6, 6.07) is 4.99. The van der Waals surface area contributed by atoms with Crippen LogP contribution < -0.4 is 0 Å². The molecule has 1 heterocycles. The van der Waals surface area contributed by atoms with Crippen LogP contribution in [0.15, 0.2) is 24.4 Å². The summed E-state index contributed by atoms with van der Waals surface area (Å²) in [6.07, 6.45) is -0.682. The number of nitrogens with zero attached hydrogens (tertiary/aromatic N) is 2. The second-order valence-electron chi connectivity index (χ2n) is 4.26. The lowest BCUT2D eigenvalue weighted by atomic mass is 10.0. The van der Waals surface area contributed by atoms with Gasteiger partial charge in [-0.2, -0.15) is 0 Å². The molecule has 1 aromatic carbocycles. The average molecular weight is 313 g/mol. The molecule has 0 saturated carbocycles. The highest BCUT2D eigenvalue weighted by molar-refractivity contribution is 8.13. The Morgan fingerprint density at radius 3 is 2.85 bits per heavy atom. The summed E-state index contributed by atoms with van der Waals surface area (Å²) < 4.78 is 0. The van der Waals surface area contributed by atoms with Gasteiger partial charge in [-0.05, 0) is 17.7 Å². The number of thioether (sulfide) groups is 1. The predicted octanol–water partition coefficient (Wildman–Crippen LogP) is 1.96. The Hall–Kier alpha value is -1.21. The molecule has 0 spiro atoms. The summed E-state index contributed by atoms with van der Waals surface area (Å²) in [5.74, 6) is 0.135. The Kier molecular flexibility index (Phi) is 4.93. The maximum absolute atomic E-state index is 10.9. The molecule has 1 aromatic heterocycles. The minimum absolute atomic E-state index is 0.104. The van der Waals surface area contributed by atoms with Crippen LogP contribution in [-0.2, 0) is 4.79 Å². The minimum Gasteiger partial charge on any atom is -0.389 e. The number of carbonyl (C=O) groups is 1. The molecular formula is C13H13ClN2O3S. The van der Waals surface area contributed by atoms with E-state index in [1.54, 1.807) is 18.2 Å². The van der Waals surface area contributed by atoms with Crippen molar-refractivity contribution in [3.8, 4) is 0 Å². The van der Waals surface area contributed by atoms with Crippen LogP contribution in [0.3, 0.4) is 0 Å². The van der Waals surface area contributed by atoms with Crippen LogP contribution >= 0.6 is 23.4 Å². The fourth-order valence-corrected chi connectivity index (χ4v) is 2.43. The largest absolute Gasteiger partial charge is 0.389 e. The monoisotopic (exact) mass is 312 g/mol. The molecule has 7 heteroatoms. The van der Waals surface area contributed by atoms with Crippen molar-refractivity contribution in [2.75, 3.05) is 5.75 Å². The van der Waals surface area contributed by atoms with Gasteiger partial charge >= 0.3 is 0 Å². The van der Waals surface area contributed by atoms with Crippen molar-refractivity contribution in [2.24, 2.45) is 0 Å². The van der Waals surface area contributed by atoms with Gasteiger partial charge in [0, 0.05) is 12.7 Å². The van der Waals surface area contributed by atoms with Crippen molar-refractivity contribution in [1.82, 2.24) is 9.97 Å². The van der Waals surface area contributed by atoms with Crippen LogP contribution in [0.1, 0.15) is 18.6 Å². The van der Waals surface area contributed by atoms with Crippen LogP contribution in [0, 0.1) is 0 Å². The van der Waals surface area contributed by atoms with E-state index in [1.807, 2.05) is 0 Å². The highest BCUT2D eigenvalue weighted by Crippen LogP contribution is 2.23. The van der Waals surface area contributed by atoms with Crippen molar-refractivity contribution < 1.29 is 15.0 Å². The summed E-state index contributed by atoms with van der Waals surface area (Å²) in [6.45, 7) is 1.41. The van der Waals surface area contributed by atoms with E-state index in [4.69, 9.17) is 11.6 Å². The first-order valence-electron chi connectivity index (χ1n) is 5.89. The lowest BCUT2D eigenvalue weighted by Gasteiger charge is -2.17. The molecule has 2 atom stereocenters. The summed E-state index contributed by atoms with van der Waals surface area (Å²) >= 11 is 6.74. The standard InChI is InChI=1S/C13H13ClN2O3S/c1-7(17)20-6-11(18)13(19)8-2-3-9-10(4-8)16-12(14)5-15-9/h2-5,11,13,18-19H,6H2,1H3. The van der Waals surface area contributed by atoms with Gasteiger partial charge in [-0.15, -0.1) is 0 Å². The molecule has 0 saturated heterocycles. The van der Waals surface area contributed by atoms with Gasteiger partial charge in [-0.3, -0.25) is 9.78 Å². The van der Waals surface area contributed by atoms with Crippen molar-refractivity contribution >= 4 is 39.5 Å². The Balaban J connectivity index is 2.21. The summed E-state index contributed by atoms with van der Waals surface area (Å²) in [7, 11) is 0. The molecule has 0 bridgehead atoms. The molecule has 0 radical (unpaired) electrons. The van der Waals surface area contributed by atoms with Crippen LogP contribution in [-0.4, -0.2) is 37.2 Å². The lowest BCUT2D eigenvalue weighted by Crippen LogP contribution is -2.21. The zero-order chi connectivity index (χ0) is 14.7. The number of hydrogen-bond acceptors (Lipinski definition) is 6. The van der Waals surface area contributed by atoms with E-state index in [-0.39, 0.29) is 16.0 Å². The van der Waals surface area contributed by atoms with Gasteiger partial charge in [0.15, 0.2) is 5.12 Å². The highest BCUT2D eigenvalue weighted by Gasteiger charge is 2.19. The molecule has 0 aliphatic rings. The van der Waals surface area contributed by atoms with E-state index in [9.17, 15) is 15.0 Å². The Morgan fingerprint density at radius 2 is 2.15 bits per heavy atom. The third-order valence-corrected chi connectivity index (χ3v) is 3.80. The molecule has 0 fully saturated rings. The topological polar surface area (TPSA) is 83.3 Å². The first kappa shape index (κ1) is 15.2. The van der Waals surface area contributed by atoms with Crippen LogP contribution in [0.5, 0.6) is 0 Å². The molecule has 2 unspecified atom stereocenters. The Labute approximate surface area is 125 Å². The minimum atomic E-state index is -1.09. The molecule has 106 valence electrons. The number of rotatable bonds is 4. The number of aliphatic hydroxyl groups is 2. The van der Waals surface area contributed by atoms with Gasteiger partial charge in [0.1, 0.15) is 11.3 Å². The number of carbonyl (C=O) groups excluding carboxylic acids is 1. The number of hydrogen-bond donors (Lipinski definition) is 2. The first-order valence-corrected chi connectivity index (χ1v) is 7.25. The van der Waals surface area contributed by atoms with Crippen molar-refractivity contribution in [1.29, 1.82) is 0 Å². The van der Waals surface area contributed by atoms with Gasteiger partial charge in [0.25, 0.3) is 0 Å². The smallest absolute Gasteiger partial charge is 0.185 e. The number of benzene rings is 1. The van der Waals surface area contributed by atoms with Gasteiger partial charge in [-0.25, -0.2) is 4.98 Å². The van der Waals surface area contributed by atoms with E-state index >= 15 is 0 Å². The van der Waals surface area contributed by atoms with Crippen LogP contribution in [0.2, 0.25) is 5.15 Å². The van der Waals surface area contributed by atoms with Crippen molar-refractivity contribution in [3.05, 3.63) is 35.1 Å². The lowest BCUT2D eigenvalue weighted by molar-refractivity contribution is -0.109. The van der Waals surface area contributed by atoms with Gasteiger partial charge in [-0.1, -0.05) is 29.4 Å². The predicted molar refractivity (Wildman–Crippen MR) is 78.7 cm³/mol. The number of halogens is 1. The third kappa shape index (κ3) is 3.67. The van der Waals surface area contributed by atoms with Crippen molar-refractivity contribution in [2.45, 2.75) is 19.1 Å². The quantitative estimate of drug-likeness (QED) is 0.898. The van der Waals surface area contributed by atoms with E-state index in [1.165, 1.54) is 13.1 Å². The molecule has 2 aromatic rings. The molecule has 0 aliphatic heterocycles. The number of fused-ring (bicyclic) bond motifs is 1. The maximum atomic E-state index is 10.9.